The standard InChI is InChI=1S/C27H26F3N9O3S/c1-38-14-17(25(37-38)27(28,29)30)3-2-16-12-33-24(11-21(16)22-10-19(40)6-8-31-22)35-23-7-9-32-26(36-23)18-13-34-39(15-18)43(41,42)20-4-5-20/h7,9,11-15,19-20,22,31,40H,4-6,8,10H2,1H3,(H,32,33,35,36). The molecule has 2 aliphatic rings. The summed E-state index contributed by atoms with van der Waals surface area (Å²) in [5, 5.41) is 23.8. The molecule has 43 heavy (non-hydrogen) atoms. The van der Waals surface area contributed by atoms with E-state index in [0.29, 0.717) is 60.6 Å². The molecule has 0 bridgehead atoms. The molecule has 0 spiro atoms. The van der Waals surface area contributed by atoms with Gasteiger partial charge in [0, 0.05) is 37.2 Å². The second kappa shape index (κ2) is 11.1. The van der Waals surface area contributed by atoms with Gasteiger partial charge in [-0.15, -0.1) is 0 Å². The van der Waals surface area contributed by atoms with Crippen molar-refractivity contribution in [2.45, 2.75) is 49.3 Å². The number of piperidine rings is 1. The van der Waals surface area contributed by atoms with E-state index in [2.05, 4.69) is 47.6 Å². The van der Waals surface area contributed by atoms with Gasteiger partial charge in [0.15, 0.2) is 11.5 Å². The zero-order valence-electron chi connectivity index (χ0n) is 22.7. The van der Waals surface area contributed by atoms with E-state index in [1.165, 1.54) is 38.0 Å². The highest BCUT2D eigenvalue weighted by Crippen LogP contribution is 2.32. The lowest BCUT2D eigenvalue weighted by Gasteiger charge is -2.28. The van der Waals surface area contributed by atoms with Crippen LogP contribution in [-0.2, 0) is 23.2 Å². The Morgan fingerprint density at radius 2 is 1.88 bits per heavy atom. The minimum Gasteiger partial charge on any atom is -0.393 e. The highest BCUT2D eigenvalue weighted by Gasteiger charge is 2.38. The van der Waals surface area contributed by atoms with Gasteiger partial charge >= 0.3 is 6.18 Å². The molecule has 16 heteroatoms. The van der Waals surface area contributed by atoms with Crippen molar-refractivity contribution in [2.24, 2.45) is 7.05 Å². The summed E-state index contributed by atoms with van der Waals surface area (Å²) in [6.07, 6.45) is 3.88. The lowest BCUT2D eigenvalue weighted by atomic mass is 9.93. The molecule has 0 aromatic carbocycles. The van der Waals surface area contributed by atoms with Crippen LogP contribution in [0, 0.1) is 11.8 Å². The molecule has 3 N–H and O–H groups in total. The van der Waals surface area contributed by atoms with Crippen molar-refractivity contribution in [2.75, 3.05) is 11.9 Å². The summed E-state index contributed by atoms with van der Waals surface area (Å²) in [6, 6.07) is 2.98. The Labute approximate surface area is 244 Å². The van der Waals surface area contributed by atoms with E-state index < -0.39 is 33.2 Å². The van der Waals surface area contributed by atoms with Crippen LogP contribution in [0.2, 0.25) is 0 Å². The van der Waals surface area contributed by atoms with Crippen LogP contribution in [0.1, 0.15) is 54.1 Å². The number of rotatable bonds is 6. The quantitative estimate of drug-likeness (QED) is 0.277. The summed E-state index contributed by atoms with van der Waals surface area (Å²) in [4.78, 5) is 13.1. The number of aryl methyl sites for hydroxylation is 1. The molecule has 1 saturated carbocycles. The van der Waals surface area contributed by atoms with Gasteiger partial charge in [0.05, 0.1) is 34.9 Å². The molecule has 4 aromatic heterocycles. The van der Waals surface area contributed by atoms with E-state index >= 15 is 0 Å². The molecule has 12 nitrogen and oxygen atoms in total. The van der Waals surface area contributed by atoms with E-state index in [0.717, 1.165) is 8.77 Å². The first-order valence-corrected chi connectivity index (χ1v) is 14.9. The second-order valence-corrected chi connectivity index (χ2v) is 12.5. The Morgan fingerprint density at radius 3 is 2.63 bits per heavy atom. The van der Waals surface area contributed by atoms with Gasteiger partial charge in [0.1, 0.15) is 11.6 Å². The third kappa shape index (κ3) is 6.24. The minimum atomic E-state index is -4.66. The maximum atomic E-state index is 13.4. The maximum absolute atomic E-state index is 13.4. The number of hydrogen-bond donors (Lipinski definition) is 3. The Bertz CT molecular complexity index is 1840. The lowest BCUT2D eigenvalue weighted by molar-refractivity contribution is -0.141. The molecule has 224 valence electrons. The zero-order valence-corrected chi connectivity index (χ0v) is 23.6. The highest BCUT2D eigenvalue weighted by molar-refractivity contribution is 7.90. The number of aromatic nitrogens is 7. The molecule has 1 aliphatic carbocycles. The number of pyridine rings is 1. The predicted molar refractivity (Wildman–Crippen MR) is 148 cm³/mol. The molecular formula is C27H26F3N9O3S. The number of hydrogen-bond acceptors (Lipinski definition) is 10. The van der Waals surface area contributed by atoms with Crippen molar-refractivity contribution in [3.8, 4) is 23.2 Å². The summed E-state index contributed by atoms with van der Waals surface area (Å²) in [7, 11) is -2.15. The summed E-state index contributed by atoms with van der Waals surface area (Å²) >= 11 is 0. The zero-order chi connectivity index (χ0) is 30.4. The molecule has 2 fully saturated rings. The van der Waals surface area contributed by atoms with E-state index in [-0.39, 0.29) is 17.4 Å². The van der Waals surface area contributed by atoms with Gasteiger partial charge in [-0.05, 0) is 49.9 Å². The third-order valence-electron chi connectivity index (χ3n) is 7.05. The fourth-order valence-electron chi connectivity index (χ4n) is 4.77. The fourth-order valence-corrected chi connectivity index (χ4v) is 6.24. The van der Waals surface area contributed by atoms with E-state index in [4.69, 9.17) is 0 Å². The van der Waals surface area contributed by atoms with Gasteiger partial charge in [0.2, 0.25) is 0 Å². The molecule has 1 saturated heterocycles. The van der Waals surface area contributed by atoms with Gasteiger partial charge in [-0.3, -0.25) is 4.68 Å². The van der Waals surface area contributed by atoms with Gasteiger partial charge < -0.3 is 15.7 Å². The average Bonchev–Trinajstić information content (AvgIpc) is 3.58. The van der Waals surface area contributed by atoms with Crippen LogP contribution in [0.3, 0.4) is 0 Å². The van der Waals surface area contributed by atoms with Crippen LogP contribution >= 0.6 is 0 Å². The number of aliphatic hydroxyl groups is 1. The summed E-state index contributed by atoms with van der Waals surface area (Å²) in [6.45, 7) is 0.546. The number of nitrogens with one attached hydrogen (secondary N) is 2. The normalized spacial score (nSPS) is 19.1. The monoisotopic (exact) mass is 613 g/mol. The van der Waals surface area contributed by atoms with E-state index in [9.17, 15) is 26.7 Å². The van der Waals surface area contributed by atoms with Crippen LogP contribution in [0.4, 0.5) is 24.8 Å². The first-order valence-electron chi connectivity index (χ1n) is 13.4. The summed E-state index contributed by atoms with van der Waals surface area (Å²) in [5.74, 6) is 6.39. The third-order valence-corrected chi connectivity index (χ3v) is 9.09. The number of alkyl halides is 3. The summed E-state index contributed by atoms with van der Waals surface area (Å²) < 4.78 is 67.3. The van der Waals surface area contributed by atoms with E-state index in [1.807, 2.05) is 0 Å². The molecule has 1 aliphatic heterocycles. The predicted octanol–water partition coefficient (Wildman–Crippen LogP) is 2.76. The van der Waals surface area contributed by atoms with Gasteiger partial charge in [-0.25, -0.2) is 23.4 Å². The Kier molecular flexibility index (Phi) is 7.40. The Morgan fingerprint density at radius 1 is 1.09 bits per heavy atom. The number of anilines is 2. The first kappa shape index (κ1) is 28.8. The molecule has 0 radical (unpaired) electrons. The summed E-state index contributed by atoms with van der Waals surface area (Å²) in [5.41, 5.74) is 0.114. The van der Waals surface area contributed by atoms with Crippen LogP contribution < -0.4 is 10.6 Å². The molecule has 2 atom stereocenters. The lowest BCUT2D eigenvalue weighted by Crippen LogP contribution is -2.34. The van der Waals surface area contributed by atoms with Crippen LogP contribution in [-0.4, -0.2) is 65.3 Å². The number of halogens is 3. The van der Waals surface area contributed by atoms with E-state index in [1.54, 1.807) is 12.1 Å². The first-order chi connectivity index (χ1) is 20.5. The van der Waals surface area contributed by atoms with Crippen LogP contribution in [0.5, 0.6) is 0 Å². The van der Waals surface area contributed by atoms with Crippen molar-refractivity contribution in [3.63, 3.8) is 0 Å². The smallest absolute Gasteiger partial charge is 0.393 e. The molecule has 5 heterocycles. The van der Waals surface area contributed by atoms with Crippen LogP contribution in [0.25, 0.3) is 11.4 Å². The van der Waals surface area contributed by atoms with Crippen LogP contribution in [0.15, 0.2) is 43.1 Å². The van der Waals surface area contributed by atoms with Gasteiger partial charge in [-0.2, -0.15) is 27.5 Å². The maximum Gasteiger partial charge on any atom is 0.436 e. The van der Waals surface area contributed by atoms with Crippen molar-refractivity contribution >= 4 is 21.7 Å². The number of nitrogens with zero attached hydrogens (tertiary/aromatic N) is 7. The SMILES string of the molecule is Cn1cc(C#Cc2cnc(Nc3ccnc(-c4cnn(S(=O)(=O)C5CC5)c4)n3)cc2C2CC(O)CCN2)c(C(F)(F)F)n1. The van der Waals surface area contributed by atoms with Crippen molar-refractivity contribution < 1.29 is 26.7 Å². The van der Waals surface area contributed by atoms with Crippen molar-refractivity contribution in [1.82, 2.24) is 39.2 Å². The second-order valence-electron chi connectivity index (χ2n) is 10.4. The fraction of sp³-hybridized carbons (Fsp3) is 0.370. The highest BCUT2D eigenvalue weighted by atomic mass is 32.2. The largest absolute Gasteiger partial charge is 0.436 e. The molecule has 6 rings (SSSR count). The number of aliphatic hydroxyl groups excluding tert-OH is 1. The molecule has 4 aromatic rings. The topological polar surface area (TPSA) is 153 Å². The molecule has 0 amide bonds. The Hall–Kier alpha value is -4.33. The van der Waals surface area contributed by atoms with Gasteiger partial charge in [-0.1, -0.05) is 11.8 Å². The van der Waals surface area contributed by atoms with Crippen molar-refractivity contribution in [1.29, 1.82) is 0 Å². The molecular weight excluding hydrogens is 587 g/mol. The average molecular weight is 614 g/mol. The van der Waals surface area contributed by atoms with Gasteiger partial charge in [0.25, 0.3) is 10.0 Å². The minimum absolute atomic E-state index is 0.249. The Balaban J connectivity index is 1.30. The van der Waals surface area contributed by atoms with Crippen molar-refractivity contribution in [3.05, 3.63) is 65.5 Å². The molecule has 2 unspecified atom stereocenters.